The van der Waals surface area contributed by atoms with E-state index in [1.165, 1.54) is 22.7 Å². The Labute approximate surface area is 145 Å². The Hall–Kier alpha value is -1.60. The van der Waals surface area contributed by atoms with E-state index < -0.39 is 11.8 Å². The molecule has 0 spiro atoms. The lowest BCUT2D eigenvalue weighted by molar-refractivity contribution is -0.147. The Kier molecular flexibility index (Phi) is 7.52. The number of hydrogen-bond donors (Lipinski definition) is 2. The van der Waals surface area contributed by atoms with Gasteiger partial charge >= 0.3 is 11.8 Å². The van der Waals surface area contributed by atoms with Crippen LogP contribution in [0, 0.1) is 11.7 Å². The van der Waals surface area contributed by atoms with Crippen molar-refractivity contribution in [2.45, 2.75) is 18.6 Å². The minimum absolute atomic E-state index is 0.0398. The second kappa shape index (κ2) is 9.64. The molecule has 7 heteroatoms. The van der Waals surface area contributed by atoms with Gasteiger partial charge in [0, 0.05) is 37.7 Å². The number of thioether (sulfide) groups is 1. The number of nitrogens with one attached hydrogen (secondary N) is 1. The number of aliphatic hydroxyl groups excluding tert-OH is 1. The maximum atomic E-state index is 13.4. The molecule has 0 aromatic heterocycles. The van der Waals surface area contributed by atoms with Gasteiger partial charge in [-0.15, -0.1) is 0 Å². The first-order valence-electron chi connectivity index (χ1n) is 8.11. The van der Waals surface area contributed by atoms with Crippen LogP contribution in [0.2, 0.25) is 0 Å². The van der Waals surface area contributed by atoms with Crippen molar-refractivity contribution in [2.24, 2.45) is 5.92 Å². The monoisotopic (exact) mass is 354 g/mol. The summed E-state index contributed by atoms with van der Waals surface area (Å²) in [7, 11) is 0. The number of piperidine rings is 1. The molecule has 1 fully saturated rings. The third kappa shape index (κ3) is 5.49. The number of rotatable bonds is 6. The lowest BCUT2D eigenvalue weighted by Gasteiger charge is -2.31. The first-order valence-corrected chi connectivity index (χ1v) is 9.26. The predicted octanol–water partition coefficient (Wildman–Crippen LogP) is 1.41. The number of hydrogen-bond acceptors (Lipinski definition) is 4. The quantitative estimate of drug-likeness (QED) is 0.599. The number of carbonyl (C=O) groups is 2. The third-order valence-electron chi connectivity index (χ3n) is 4.01. The molecule has 1 aliphatic heterocycles. The molecule has 1 heterocycles. The Balaban J connectivity index is 1.65. The fourth-order valence-electron chi connectivity index (χ4n) is 2.65. The van der Waals surface area contributed by atoms with Gasteiger partial charge in [-0.25, -0.2) is 4.39 Å². The van der Waals surface area contributed by atoms with Crippen LogP contribution in [0.15, 0.2) is 24.3 Å². The number of benzene rings is 1. The summed E-state index contributed by atoms with van der Waals surface area (Å²) in [6.45, 7) is 1.40. The molecule has 24 heavy (non-hydrogen) atoms. The predicted molar refractivity (Wildman–Crippen MR) is 92.0 cm³/mol. The topological polar surface area (TPSA) is 69.6 Å². The SMILES string of the molecule is O=C(NCCSCc1ccccc1F)C(=O)N1CCC[C@H](CO)C1. The molecule has 0 aliphatic carbocycles. The molecule has 5 nitrogen and oxygen atoms in total. The van der Waals surface area contributed by atoms with E-state index in [9.17, 15) is 19.1 Å². The zero-order valence-corrected chi connectivity index (χ0v) is 14.4. The van der Waals surface area contributed by atoms with Crippen LogP contribution in [0.5, 0.6) is 0 Å². The summed E-state index contributed by atoms with van der Waals surface area (Å²) in [5.74, 6) is -0.181. The van der Waals surface area contributed by atoms with Gasteiger partial charge in [-0.2, -0.15) is 11.8 Å². The largest absolute Gasteiger partial charge is 0.396 e. The third-order valence-corrected chi connectivity index (χ3v) is 5.01. The normalized spacial score (nSPS) is 17.6. The lowest BCUT2D eigenvalue weighted by atomic mass is 9.99. The summed E-state index contributed by atoms with van der Waals surface area (Å²) in [5, 5.41) is 11.8. The van der Waals surface area contributed by atoms with E-state index in [1.54, 1.807) is 18.2 Å². The van der Waals surface area contributed by atoms with Gasteiger partial charge in [0.05, 0.1) is 0 Å². The van der Waals surface area contributed by atoms with E-state index in [2.05, 4.69) is 5.32 Å². The molecule has 1 aliphatic rings. The molecule has 1 aromatic rings. The van der Waals surface area contributed by atoms with Crippen LogP contribution < -0.4 is 5.32 Å². The number of nitrogens with zero attached hydrogens (tertiary/aromatic N) is 1. The smallest absolute Gasteiger partial charge is 0.311 e. The van der Waals surface area contributed by atoms with E-state index in [-0.39, 0.29) is 18.3 Å². The second-order valence-corrected chi connectivity index (χ2v) is 6.95. The summed E-state index contributed by atoms with van der Waals surface area (Å²) < 4.78 is 13.4. The van der Waals surface area contributed by atoms with Crippen LogP contribution in [0.4, 0.5) is 4.39 Å². The Morgan fingerprint density at radius 1 is 1.38 bits per heavy atom. The van der Waals surface area contributed by atoms with Crippen LogP contribution in [-0.4, -0.2) is 53.8 Å². The molecule has 0 bridgehead atoms. The molecule has 2 N–H and O–H groups in total. The summed E-state index contributed by atoms with van der Waals surface area (Å²) in [4.78, 5) is 25.5. The van der Waals surface area contributed by atoms with Crippen molar-refractivity contribution in [2.75, 3.05) is 32.0 Å². The summed E-state index contributed by atoms with van der Waals surface area (Å²) in [6, 6.07) is 6.60. The lowest BCUT2D eigenvalue weighted by Crippen LogP contribution is -2.48. The number of amides is 2. The van der Waals surface area contributed by atoms with Crippen molar-refractivity contribution < 1.29 is 19.1 Å². The molecule has 2 rings (SSSR count). The van der Waals surface area contributed by atoms with E-state index in [0.717, 1.165) is 12.8 Å². The summed E-state index contributed by atoms with van der Waals surface area (Å²) in [5.41, 5.74) is 0.633. The zero-order valence-electron chi connectivity index (χ0n) is 13.5. The molecule has 1 atom stereocenters. The van der Waals surface area contributed by atoms with Crippen molar-refractivity contribution in [1.29, 1.82) is 0 Å². The van der Waals surface area contributed by atoms with Gasteiger partial charge in [0.15, 0.2) is 0 Å². The van der Waals surface area contributed by atoms with Crippen molar-refractivity contribution in [3.8, 4) is 0 Å². The number of carbonyl (C=O) groups excluding carboxylic acids is 2. The van der Waals surface area contributed by atoms with Crippen LogP contribution in [0.25, 0.3) is 0 Å². The van der Waals surface area contributed by atoms with Gasteiger partial charge < -0.3 is 15.3 Å². The molecule has 2 amide bonds. The molecule has 0 saturated carbocycles. The minimum Gasteiger partial charge on any atom is -0.396 e. The molecule has 132 valence electrons. The van der Waals surface area contributed by atoms with E-state index in [4.69, 9.17) is 0 Å². The van der Waals surface area contributed by atoms with Crippen LogP contribution in [0.3, 0.4) is 0 Å². The maximum absolute atomic E-state index is 13.4. The van der Waals surface area contributed by atoms with Crippen molar-refractivity contribution in [1.82, 2.24) is 10.2 Å². The van der Waals surface area contributed by atoms with E-state index >= 15 is 0 Å². The van der Waals surface area contributed by atoms with Crippen molar-refractivity contribution >= 4 is 23.6 Å². The molecular formula is C17H23FN2O3S. The average molecular weight is 354 g/mol. The zero-order chi connectivity index (χ0) is 17.4. The highest BCUT2D eigenvalue weighted by molar-refractivity contribution is 7.98. The Morgan fingerprint density at radius 3 is 2.92 bits per heavy atom. The Morgan fingerprint density at radius 2 is 2.17 bits per heavy atom. The van der Waals surface area contributed by atoms with Gasteiger partial charge in [-0.05, 0) is 30.4 Å². The number of aliphatic hydroxyl groups is 1. The summed E-state index contributed by atoms with van der Waals surface area (Å²) >= 11 is 1.50. The van der Waals surface area contributed by atoms with E-state index in [1.807, 2.05) is 0 Å². The molecular weight excluding hydrogens is 331 g/mol. The molecule has 1 saturated heterocycles. The number of halogens is 1. The van der Waals surface area contributed by atoms with Gasteiger partial charge in [0.1, 0.15) is 5.82 Å². The average Bonchev–Trinajstić information content (AvgIpc) is 2.62. The maximum Gasteiger partial charge on any atom is 0.311 e. The van der Waals surface area contributed by atoms with E-state index in [0.29, 0.717) is 36.7 Å². The summed E-state index contributed by atoms with van der Waals surface area (Å²) in [6.07, 6.45) is 1.69. The highest BCUT2D eigenvalue weighted by Gasteiger charge is 2.27. The molecule has 0 unspecified atom stereocenters. The molecule has 0 radical (unpaired) electrons. The fourth-order valence-corrected chi connectivity index (χ4v) is 3.50. The van der Waals surface area contributed by atoms with Crippen LogP contribution >= 0.6 is 11.8 Å². The second-order valence-electron chi connectivity index (χ2n) is 5.84. The highest BCUT2D eigenvalue weighted by Crippen LogP contribution is 2.16. The molecule has 1 aromatic carbocycles. The van der Waals surface area contributed by atoms with Crippen LogP contribution in [0.1, 0.15) is 18.4 Å². The Bertz CT molecular complexity index is 571. The standard InChI is InChI=1S/C17H23FN2O3S/c18-15-6-2-1-5-14(15)12-24-9-7-19-16(22)17(23)20-8-3-4-13(10-20)11-21/h1-2,5-6,13,21H,3-4,7-12H2,(H,19,22)/t13-/m0/s1. The minimum atomic E-state index is -0.611. The fraction of sp³-hybridized carbons (Fsp3) is 0.529. The van der Waals surface area contributed by atoms with Crippen molar-refractivity contribution in [3.63, 3.8) is 0 Å². The van der Waals surface area contributed by atoms with Crippen LogP contribution in [-0.2, 0) is 15.3 Å². The van der Waals surface area contributed by atoms with Gasteiger partial charge in [-0.3, -0.25) is 9.59 Å². The van der Waals surface area contributed by atoms with Gasteiger partial charge in [0.2, 0.25) is 0 Å². The van der Waals surface area contributed by atoms with Crippen molar-refractivity contribution in [3.05, 3.63) is 35.6 Å². The van der Waals surface area contributed by atoms with Gasteiger partial charge in [0.25, 0.3) is 0 Å². The van der Waals surface area contributed by atoms with Gasteiger partial charge in [-0.1, -0.05) is 18.2 Å². The highest BCUT2D eigenvalue weighted by atomic mass is 32.2. The number of likely N-dealkylation sites (tertiary alicyclic amines) is 1. The first kappa shape index (κ1) is 18.7. The first-order chi connectivity index (χ1) is 11.6.